The van der Waals surface area contributed by atoms with E-state index < -0.39 is 0 Å². The summed E-state index contributed by atoms with van der Waals surface area (Å²) in [6, 6.07) is 0.395. The summed E-state index contributed by atoms with van der Waals surface area (Å²) in [6.45, 7) is 0.540. The highest BCUT2D eigenvalue weighted by Gasteiger charge is 2.30. The molecule has 0 aromatic carbocycles. The topological polar surface area (TPSA) is 62.1 Å². The number of anilines is 1. The molecule has 1 saturated carbocycles. The first-order valence-electron chi connectivity index (χ1n) is 4.65. The monoisotopic (exact) mass is 248 g/mol. The highest BCUT2D eigenvalue weighted by atomic mass is 35.5. The zero-order valence-electron chi connectivity index (χ0n) is 7.90. The Bertz CT molecular complexity index is 338. The zero-order valence-corrected chi connectivity index (χ0v) is 9.41. The summed E-state index contributed by atoms with van der Waals surface area (Å²) in [5.41, 5.74) is 0. The van der Waals surface area contributed by atoms with Crippen LogP contribution in [0.3, 0.4) is 0 Å². The average Bonchev–Trinajstić information content (AvgIpc) is 2.95. The lowest BCUT2D eigenvalue weighted by atomic mass is 10.5. The standard InChI is InChI=1S/C8H10Cl2N4O/c9-6-11-7(10)13-8(12-6)14(3-4-15)5-1-2-5/h5,15H,1-4H2. The molecule has 1 aliphatic rings. The lowest BCUT2D eigenvalue weighted by molar-refractivity contribution is 0.300. The molecule has 1 N–H and O–H groups in total. The van der Waals surface area contributed by atoms with E-state index in [0.717, 1.165) is 12.8 Å². The van der Waals surface area contributed by atoms with Crippen molar-refractivity contribution in [3.63, 3.8) is 0 Å². The van der Waals surface area contributed by atoms with E-state index >= 15 is 0 Å². The third-order valence-corrected chi connectivity index (χ3v) is 2.49. The van der Waals surface area contributed by atoms with Crippen LogP contribution < -0.4 is 4.90 Å². The van der Waals surface area contributed by atoms with E-state index in [9.17, 15) is 0 Å². The van der Waals surface area contributed by atoms with Crippen molar-refractivity contribution in [3.8, 4) is 0 Å². The van der Waals surface area contributed by atoms with E-state index in [2.05, 4.69) is 15.0 Å². The Labute approximate surface area is 97.1 Å². The van der Waals surface area contributed by atoms with Gasteiger partial charge in [-0.15, -0.1) is 0 Å². The Kier molecular flexibility index (Phi) is 3.23. The number of aliphatic hydroxyl groups is 1. The van der Waals surface area contributed by atoms with Gasteiger partial charge in [0.2, 0.25) is 16.5 Å². The molecule has 0 spiro atoms. The smallest absolute Gasteiger partial charge is 0.231 e. The summed E-state index contributed by atoms with van der Waals surface area (Å²) < 4.78 is 0. The highest BCUT2D eigenvalue weighted by molar-refractivity contribution is 6.31. The van der Waals surface area contributed by atoms with E-state index in [4.69, 9.17) is 28.3 Å². The number of nitrogens with zero attached hydrogens (tertiary/aromatic N) is 4. The fourth-order valence-corrected chi connectivity index (χ4v) is 1.74. The molecule has 1 aromatic heterocycles. The van der Waals surface area contributed by atoms with Crippen LogP contribution in [-0.2, 0) is 0 Å². The van der Waals surface area contributed by atoms with E-state index in [0.29, 0.717) is 18.5 Å². The van der Waals surface area contributed by atoms with E-state index in [1.807, 2.05) is 4.90 Å². The summed E-state index contributed by atoms with van der Waals surface area (Å²) in [6.07, 6.45) is 2.17. The quantitative estimate of drug-likeness (QED) is 0.866. The molecule has 1 aliphatic carbocycles. The van der Waals surface area contributed by atoms with E-state index in [-0.39, 0.29) is 17.2 Å². The van der Waals surface area contributed by atoms with Crippen LogP contribution in [0.2, 0.25) is 10.6 Å². The maximum atomic E-state index is 8.93. The van der Waals surface area contributed by atoms with Crippen molar-refractivity contribution < 1.29 is 5.11 Å². The molecule has 7 heteroatoms. The molecule has 0 bridgehead atoms. The van der Waals surface area contributed by atoms with Crippen LogP contribution in [0.5, 0.6) is 0 Å². The second kappa shape index (κ2) is 4.47. The second-order valence-electron chi connectivity index (χ2n) is 3.32. The van der Waals surface area contributed by atoms with Crippen molar-refractivity contribution in [2.24, 2.45) is 0 Å². The average molecular weight is 249 g/mol. The predicted molar refractivity (Wildman–Crippen MR) is 57.3 cm³/mol. The molecule has 15 heavy (non-hydrogen) atoms. The van der Waals surface area contributed by atoms with Crippen LogP contribution in [0.15, 0.2) is 0 Å². The first-order valence-corrected chi connectivity index (χ1v) is 5.41. The van der Waals surface area contributed by atoms with Gasteiger partial charge < -0.3 is 10.0 Å². The van der Waals surface area contributed by atoms with Crippen molar-refractivity contribution in [2.75, 3.05) is 18.1 Å². The van der Waals surface area contributed by atoms with Crippen molar-refractivity contribution in [3.05, 3.63) is 10.6 Å². The minimum atomic E-state index is 0.0530. The van der Waals surface area contributed by atoms with Crippen molar-refractivity contribution in [1.82, 2.24) is 15.0 Å². The number of aromatic nitrogens is 3. The molecular weight excluding hydrogens is 239 g/mol. The van der Waals surface area contributed by atoms with Crippen LogP contribution in [0.4, 0.5) is 5.95 Å². The summed E-state index contributed by atoms with van der Waals surface area (Å²) in [4.78, 5) is 13.6. The Morgan fingerprint density at radius 3 is 2.27 bits per heavy atom. The van der Waals surface area contributed by atoms with Crippen molar-refractivity contribution >= 4 is 29.2 Å². The largest absolute Gasteiger partial charge is 0.395 e. The first kappa shape index (κ1) is 10.9. The van der Waals surface area contributed by atoms with Gasteiger partial charge in [-0.3, -0.25) is 0 Å². The van der Waals surface area contributed by atoms with Crippen LogP contribution in [-0.4, -0.2) is 39.3 Å². The number of hydrogen-bond donors (Lipinski definition) is 1. The third kappa shape index (κ3) is 2.68. The molecule has 1 heterocycles. The number of aliphatic hydroxyl groups excluding tert-OH is 1. The van der Waals surface area contributed by atoms with Gasteiger partial charge in [-0.2, -0.15) is 15.0 Å². The number of halogens is 2. The summed E-state index contributed by atoms with van der Waals surface area (Å²) in [7, 11) is 0. The lowest BCUT2D eigenvalue weighted by Gasteiger charge is -2.20. The number of rotatable bonds is 4. The van der Waals surface area contributed by atoms with Gasteiger partial charge in [0.15, 0.2) is 0 Å². The summed E-state index contributed by atoms with van der Waals surface area (Å²) in [5.74, 6) is 0.441. The van der Waals surface area contributed by atoms with Gasteiger partial charge in [0.25, 0.3) is 0 Å². The maximum Gasteiger partial charge on any atom is 0.231 e. The molecule has 0 saturated heterocycles. The van der Waals surface area contributed by atoms with Gasteiger partial charge >= 0.3 is 0 Å². The molecule has 0 radical (unpaired) electrons. The summed E-state index contributed by atoms with van der Waals surface area (Å²) in [5, 5.41) is 9.09. The molecule has 1 aromatic rings. The molecule has 0 unspecified atom stereocenters. The SMILES string of the molecule is OCCN(c1nc(Cl)nc(Cl)n1)C1CC1. The molecule has 0 atom stereocenters. The first-order chi connectivity index (χ1) is 7.20. The van der Waals surface area contributed by atoms with Crippen LogP contribution >= 0.6 is 23.2 Å². The second-order valence-corrected chi connectivity index (χ2v) is 4.00. The van der Waals surface area contributed by atoms with Gasteiger partial charge in [-0.05, 0) is 36.0 Å². The van der Waals surface area contributed by atoms with Crippen LogP contribution in [0.25, 0.3) is 0 Å². The van der Waals surface area contributed by atoms with Gasteiger partial charge in [-0.25, -0.2) is 0 Å². The fourth-order valence-electron chi connectivity index (χ4n) is 1.38. The normalized spacial score (nSPS) is 15.4. The molecule has 0 aliphatic heterocycles. The van der Waals surface area contributed by atoms with Crippen LogP contribution in [0, 0.1) is 0 Å². The van der Waals surface area contributed by atoms with Gasteiger partial charge in [0.05, 0.1) is 6.61 Å². The Hall–Kier alpha value is -0.650. The Morgan fingerprint density at radius 2 is 1.80 bits per heavy atom. The Morgan fingerprint density at radius 1 is 1.20 bits per heavy atom. The minimum absolute atomic E-state index is 0.0530. The number of hydrogen-bond acceptors (Lipinski definition) is 5. The van der Waals surface area contributed by atoms with Crippen molar-refractivity contribution in [2.45, 2.75) is 18.9 Å². The fraction of sp³-hybridized carbons (Fsp3) is 0.625. The minimum Gasteiger partial charge on any atom is -0.395 e. The molecule has 2 rings (SSSR count). The highest BCUT2D eigenvalue weighted by Crippen LogP contribution is 2.29. The molecule has 1 fully saturated rings. The van der Waals surface area contributed by atoms with Crippen molar-refractivity contribution in [1.29, 1.82) is 0 Å². The molecule has 82 valence electrons. The predicted octanol–water partition coefficient (Wildman–Crippen LogP) is 1.14. The van der Waals surface area contributed by atoms with E-state index in [1.165, 1.54) is 0 Å². The summed E-state index contributed by atoms with van der Waals surface area (Å²) >= 11 is 11.4. The zero-order chi connectivity index (χ0) is 10.8. The third-order valence-electron chi connectivity index (χ3n) is 2.15. The maximum absolute atomic E-state index is 8.93. The lowest BCUT2D eigenvalue weighted by Crippen LogP contribution is -2.30. The molecule has 0 amide bonds. The Balaban J connectivity index is 2.24. The van der Waals surface area contributed by atoms with Crippen LogP contribution in [0.1, 0.15) is 12.8 Å². The van der Waals surface area contributed by atoms with Gasteiger partial charge in [0, 0.05) is 12.6 Å². The molecular formula is C8H10Cl2N4O. The molecule has 5 nitrogen and oxygen atoms in total. The van der Waals surface area contributed by atoms with Gasteiger partial charge in [-0.1, -0.05) is 0 Å². The van der Waals surface area contributed by atoms with E-state index in [1.54, 1.807) is 0 Å². The van der Waals surface area contributed by atoms with Gasteiger partial charge in [0.1, 0.15) is 0 Å².